The van der Waals surface area contributed by atoms with Gasteiger partial charge in [-0.3, -0.25) is 9.69 Å². The Hall–Kier alpha value is -2.38. The molecule has 0 aromatic heterocycles. The van der Waals surface area contributed by atoms with Crippen LogP contribution in [0.2, 0.25) is 0 Å². The molecule has 1 N–H and O–H groups in total. The first-order chi connectivity index (χ1) is 16.3. The minimum Gasteiger partial charge on any atom is -0.384 e. The van der Waals surface area contributed by atoms with Gasteiger partial charge in [0.05, 0.1) is 11.5 Å². The number of carbonyl (C=O) groups excluding carboxylic acids is 1. The van der Waals surface area contributed by atoms with Crippen LogP contribution in [-0.4, -0.2) is 52.5 Å². The van der Waals surface area contributed by atoms with Crippen molar-refractivity contribution in [1.29, 1.82) is 0 Å². The van der Waals surface area contributed by atoms with Gasteiger partial charge in [0.1, 0.15) is 17.5 Å². The number of hydrogen-bond donors (Lipinski definition) is 1. The molecule has 2 aliphatic rings. The second-order valence-electron chi connectivity index (χ2n) is 11.3. The zero-order valence-corrected chi connectivity index (χ0v) is 21.1. The highest BCUT2D eigenvalue weighted by molar-refractivity contribution is 5.81. The van der Waals surface area contributed by atoms with E-state index < -0.39 is 29.1 Å². The van der Waals surface area contributed by atoms with Crippen LogP contribution in [0.1, 0.15) is 51.7 Å². The molecule has 2 aliphatic heterocycles. The molecule has 0 aliphatic carbocycles. The molecule has 35 heavy (non-hydrogen) atoms. The van der Waals surface area contributed by atoms with Crippen LogP contribution in [-0.2, 0) is 10.4 Å². The number of aliphatic hydroxyl groups is 1. The van der Waals surface area contributed by atoms with Crippen molar-refractivity contribution >= 4 is 5.91 Å². The summed E-state index contributed by atoms with van der Waals surface area (Å²) < 4.78 is 41.9. The number of benzene rings is 2. The summed E-state index contributed by atoms with van der Waals surface area (Å²) in [6.45, 7) is 11.6. The molecule has 4 nitrogen and oxygen atoms in total. The Kier molecular flexibility index (Phi) is 6.79. The Morgan fingerprint density at radius 2 is 1.49 bits per heavy atom. The van der Waals surface area contributed by atoms with Gasteiger partial charge in [-0.05, 0) is 50.1 Å². The predicted octanol–water partition coefficient (Wildman–Crippen LogP) is 4.92. The van der Waals surface area contributed by atoms with E-state index in [0.29, 0.717) is 37.3 Å². The van der Waals surface area contributed by atoms with E-state index in [0.717, 1.165) is 6.07 Å². The van der Waals surface area contributed by atoms with Crippen molar-refractivity contribution < 1.29 is 23.1 Å². The Bertz CT molecular complexity index is 1070. The molecule has 0 bridgehead atoms. The van der Waals surface area contributed by atoms with Crippen molar-refractivity contribution in [2.45, 2.75) is 51.7 Å². The van der Waals surface area contributed by atoms with Gasteiger partial charge >= 0.3 is 0 Å². The van der Waals surface area contributed by atoms with Gasteiger partial charge in [-0.15, -0.1) is 0 Å². The fourth-order valence-electron chi connectivity index (χ4n) is 5.92. The average molecular weight is 489 g/mol. The highest BCUT2D eigenvalue weighted by Crippen LogP contribution is 2.44. The van der Waals surface area contributed by atoms with E-state index in [1.54, 1.807) is 17.0 Å². The van der Waals surface area contributed by atoms with E-state index in [2.05, 4.69) is 25.7 Å². The highest BCUT2D eigenvalue weighted by atomic mass is 19.1. The summed E-state index contributed by atoms with van der Waals surface area (Å²) in [5.74, 6) is -3.17. The maximum Gasteiger partial charge on any atom is 0.227 e. The molecule has 2 aromatic rings. The normalized spacial score (nSPS) is 30.0. The fraction of sp³-hybridized carbons (Fsp3) is 0.536. The van der Waals surface area contributed by atoms with Gasteiger partial charge in [-0.25, -0.2) is 13.2 Å². The number of carbonyl (C=O) groups is 1. The summed E-state index contributed by atoms with van der Waals surface area (Å²) in [6, 6.07) is 9.46. The molecule has 1 amide bonds. The van der Waals surface area contributed by atoms with Crippen LogP contribution in [0.5, 0.6) is 0 Å². The first-order valence-corrected chi connectivity index (χ1v) is 12.3. The monoisotopic (exact) mass is 488 g/mol. The van der Waals surface area contributed by atoms with Crippen molar-refractivity contribution in [2.75, 3.05) is 26.2 Å². The average Bonchev–Trinajstić information content (AvgIpc) is 3.23. The number of likely N-dealkylation sites (tertiary alicyclic amines) is 2. The Balaban J connectivity index is 1.61. The third-order valence-corrected chi connectivity index (χ3v) is 8.06. The number of amides is 1. The lowest BCUT2D eigenvalue weighted by Gasteiger charge is -2.48. The van der Waals surface area contributed by atoms with Gasteiger partial charge in [-0.2, -0.15) is 0 Å². The van der Waals surface area contributed by atoms with Gasteiger partial charge in [0, 0.05) is 55.5 Å². The molecule has 2 saturated heterocycles. The quantitative estimate of drug-likeness (QED) is 0.667. The largest absolute Gasteiger partial charge is 0.384 e. The molecule has 4 atom stereocenters. The standard InChI is InChI=1S/C28H35F3N2O2/c1-17-13-32(14-18(2)28(17,35)19-6-8-20(29)9-7-19)26(34)24-16-33(27(3,4)5)15-23(24)22-11-10-21(30)12-25(22)31/h6-12,17-18,23-24,35H,13-16H2,1-5H3/t17?,18?,23-,24+,28?/m0/s1. The molecule has 2 aromatic carbocycles. The van der Waals surface area contributed by atoms with Crippen LogP contribution in [0, 0.1) is 35.2 Å². The number of piperidine rings is 1. The molecule has 2 heterocycles. The third-order valence-electron chi connectivity index (χ3n) is 8.06. The van der Waals surface area contributed by atoms with E-state index >= 15 is 0 Å². The fourth-order valence-corrected chi connectivity index (χ4v) is 5.92. The van der Waals surface area contributed by atoms with Crippen LogP contribution in [0.3, 0.4) is 0 Å². The highest BCUT2D eigenvalue weighted by Gasteiger charge is 2.50. The molecule has 0 spiro atoms. The second kappa shape index (κ2) is 9.25. The van der Waals surface area contributed by atoms with E-state index in [-0.39, 0.29) is 29.1 Å². The first kappa shape index (κ1) is 25.7. The first-order valence-electron chi connectivity index (χ1n) is 12.3. The maximum absolute atomic E-state index is 14.8. The van der Waals surface area contributed by atoms with Crippen LogP contribution in [0.25, 0.3) is 0 Å². The number of hydrogen-bond acceptors (Lipinski definition) is 3. The van der Waals surface area contributed by atoms with Crippen molar-refractivity contribution in [1.82, 2.24) is 9.80 Å². The summed E-state index contributed by atoms with van der Waals surface area (Å²) in [4.78, 5) is 17.8. The van der Waals surface area contributed by atoms with Gasteiger partial charge in [0.25, 0.3) is 0 Å². The van der Waals surface area contributed by atoms with Crippen LogP contribution < -0.4 is 0 Å². The Labute approximate surface area is 205 Å². The van der Waals surface area contributed by atoms with E-state index in [9.17, 15) is 23.1 Å². The van der Waals surface area contributed by atoms with Gasteiger partial charge in [0.2, 0.25) is 5.91 Å². The second-order valence-corrected chi connectivity index (χ2v) is 11.3. The van der Waals surface area contributed by atoms with E-state index in [1.165, 1.54) is 24.3 Å². The molecule has 2 unspecified atom stereocenters. The lowest BCUT2D eigenvalue weighted by atomic mass is 9.70. The van der Waals surface area contributed by atoms with E-state index in [1.807, 2.05) is 13.8 Å². The Morgan fingerprint density at radius 3 is 2.03 bits per heavy atom. The minimum absolute atomic E-state index is 0.0784. The van der Waals surface area contributed by atoms with Crippen molar-refractivity contribution in [3.05, 3.63) is 71.0 Å². The van der Waals surface area contributed by atoms with Crippen molar-refractivity contribution in [3.63, 3.8) is 0 Å². The van der Waals surface area contributed by atoms with Gasteiger partial charge in [-0.1, -0.05) is 32.0 Å². The van der Waals surface area contributed by atoms with Crippen LogP contribution >= 0.6 is 0 Å². The number of rotatable bonds is 3. The molecule has 190 valence electrons. The van der Waals surface area contributed by atoms with Crippen LogP contribution in [0.15, 0.2) is 42.5 Å². The Morgan fingerprint density at radius 1 is 0.914 bits per heavy atom. The van der Waals surface area contributed by atoms with Gasteiger partial charge in [0.15, 0.2) is 0 Å². The number of halogens is 3. The molecule has 2 fully saturated rings. The summed E-state index contributed by atoms with van der Waals surface area (Å²) in [7, 11) is 0. The molecule has 7 heteroatoms. The summed E-state index contributed by atoms with van der Waals surface area (Å²) in [5, 5.41) is 11.6. The minimum atomic E-state index is -1.19. The third kappa shape index (κ3) is 4.73. The number of nitrogens with zero attached hydrogens (tertiary/aromatic N) is 2. The van der Waals surface area contributed by atoms with Crippen molar-refractivity contribution in [3.8, 4) is 0 Å². The van der Waals surface area contributed by atoms with E-state index in [4.69, 9.17) is 0 Å². The zero-order chi connectivity index (χ0) is 25.7. The lowest BCUT2D eigenvalue weighted by molar-refractivity contribution is -0.152. The molecular formula is C28H35F3N2O2. The summed E-state index contributed by atoms with van der Waals surface area (Å²) in [6.07, 6.45) is 0. The topological polar surface area (TPSA) is 43.8 Å². The summed E-state index contributed by atoms with van der Waals surface area (Å²) in [5.41, 5.74) is -0.413. The lowest BCUT2D eigenvalue weighted by Crippen LogP contribution is -2.57. The van der Waals surface area contributed by atoms with Crippen LogP contribution in [0.4, 0.5) is 13.2 Å². The molecule has 0 radical (unpaired) electrons. The molecule has 0 saturated carbocycles. The molecule has 4 rings (SSSR count). The van der Waals surface area contributed by atoms with Crippen molar-refractivity contribution in [2.24, 2.45) is 17.8 Å². The summed E-state index contributed by atoms with van der Waals surface area (Å²) >= 11 is 0. The SMILES string of the molecule is CC1CN(C(=O)[C@@H]2CN(C(C)(C)C)C[C@H]2c2ccc(F)cc2F)CC(C)C1(O)c1ccc(F)cc1. The smallest absolute Gasteiger partial charge is 0.227 e. The molecular weight excluding hydrogens is 453 g/mol. The zero-order valence-electron chi connectivity index (χ0n) is 21.1. The predicted molar refractivity (Wildman–Crippen MR) is 129 cm³/mol. The van der Waals surface area contributed by atoms with Gasteiger partial charge < -0.3 is 10.0 Å². The maximum atomic E-state index is 14.8.